The van der Waals surface area contributed by atoms with Crippen molar-refractivity contribution in [3.8, 4) is 45.8 Å². The Kier molecular flexibility index (Phi) is 18.4. The van der Waals surface area contributed by atoms with Crippen molar-refractivity contribution in [1.29, 1.82) is 0 Å². The van der Waals surface area contributed by atoms with E-state index >= 15 is 0 Å². The number of ether oxygens (including phenoxy) is 10. The molecule has 0 bridgehead atoms. The van der Waals surface area contributed by atoms with Crippen molar-refractivity contribution < 1.29 is 138 Å². The van der Waals surface area contributed by atoms with Crippen molar-refractivity contribution in [3.05, 3.63) is 76.5 Å². The molecule has 1 aromatic heterocycles. The molecule has 20 atom stereocenters. The van der Waals surface area contributed by atoms with Gasteiger partial charge in [-0.05, 0) is 48.0 Å². The predicted molar refractivity (Wildman–Crippen MR) is 253 cm³/mol. The van der Waals surface area contributed by atoms with E-state index in [1.54, 1.807) is 0 Å². The fourth-order valence-electron chi connectivity index (χ4n) is 9.02. The van der Waals surface area contributed by atoms with Gasteiger partial charge in [0, 0.05) is 23.8 Å². The number of methoxy groups -OCH3 is 1. The molecule has 0 amide bonds. The summed E-state index contributed by atoms with van der Waals surface area (Å²) in [5.74, 6) is -4.19. The molecule has 29 heteroatoms. The van der Waals surface area contributed by atoms with E-state index in [2.05, 4.69) is 0 Å². The van der Waals surface area contributed by atoms with E-state index in [-0.39, 0.29) is 22.8 Å². The third kappa shape index (κ3) is 11.9. The van der Waals surface area contributed by atoms with Crippen molar-refractivity contribution in [2.45, 2.75) is 123 Å². The Morgan fingerprint density at radius 2 is 1.12 bits per heavy atom. The SMILES string of the molecule is COc1cc(/C=C/C(=O)OC2C(OC3C(Oc4c(-c5ccc(O)cc5)oc5cc(OC6OC(CO)C(OC7OC(CO)C(O)C(O)C7O)C(O)C6O)cc(O)c5c4=O)OC(CO)C(O)C3O)OC(CO)C(O)C2O)ccc1O. The standard InChI is InChI=1S/C49H58O29/c1-68-23-10-17(2-8-21(23)55)3-9-29(57)75-44-36(63)32(59)26(14-51)72-48(44)78-45-37(64)33(60)27(15-52)73-49(45)77-43-34(61)30-22(56)11-20(12-24(30)70-41(43)18-4-6-19(54)7-5-18)69-46-40(67)38(65)42(28(16-53)74-46)76-47-39(66)35(62)31(58)25(13-50)71-47/h2-12,25-28,31-33,35-40,42,44-56,58-60,62-67H,13-16H2,1H3/b9-3+. The van der Waals surface area contributed by atoms with Gasteiger partial charge in [-0.25, -0.2) is 4.79 Å². The van der Waals surface area contributed by atoms with Crippen LogP contribution in [0.25, 0.3) is 28.4 Å². The molecule has 5 heterocycles. The van der Waals surface area contributed by atoms with E-state index in [4.69, 9.17) is 51.8 Å². The lowest BCUT2D eigenvalue weighted by Gasteiger charge is -2.46. The zero-order valence-electron chi connectivity index (χ0n) is 40.7. The van der Waals surface area contributed by atoms with Crippen molar-refractivity contribution in [2.24, 2.45) is 0 Å². The number of phenolic OH excluding ortho intramolecular Hbond substituents is 3. The topological polar surface area (TPSA) is 463 Å². The highest BCUT2D eigenvalue weighted by atomic mass is 16.8. The Morgan fingerprint density at radius 1 is 0.564 bits per heavy atom. The van der Waals surface area contributed by atoms with E-state index < -0.39 is 195 Å². The van der Waals surface area contributed by atoms with Gasteiger partial charge in [-0.1, -0.05) is 6.07 Å². The van der Waals surface area contributed by atoms with Gasteiger partial charge in [-0.2, -0.15) is 0 Å². The molecule has 4 aromatic rings. The molecule has 0 aliphatic carbocycles. The summed E-state index contributed by atoms with van der Waals surface area (Å²) < 4.78 is 62.7. The fourth-order valence-corrected chi connectivity index (χ4v) is 9.02. The lowest BCUT2D eigenvalue weighted by molar-refractivity contribution is -0.358. The van der Waals surface area contributed by atoms with Gasteiger partial charge < -0.3 is 133 Å². The van der Waals surface area contributed by atoms with Crippen LogP contribution in [-0.2, 0) is 38.0 Å². The van der Waals surface area contributed by atoms with Crippen LogP contribution >= 0.6 is 0 Å². The molecule has 8 rings (SSSR count). The van der Waals surface area contributed by atoms with Crippen LogP contribution in [0.2, 0.25) is 0 Å². The summed E-state index contributed by atoms with van der Waals surface area (Å²) in [5, 5.41) is 169. The number of carbonyl (C=O) groups is 1. The summed E-state index contributed by atoms with van der Waals surface area (Å²) in [5.41, 5.74) is -1.34. The Morgan fingerprint density at radius 3 is 1.74 bits per heavy atom. The summed E-state index contributed by atoms with van der Waals surface area (Å²) in [6.07, 6.45) is -35.7. The molecule has 29 nitrogen and oxygen atoms in total. The minimum absolute atomic E-state index is 0.0186. The summed E-state index contributed by atoms with van der Waals surface area (Å²) in [6, 6.07) is 10.8. The van der Waals surface area contributed by atoms with Gasteiger partial charge in [0.15, 0.2) is 42.0 Å². The molecular formula is C49H58O29. The first kappa shape index (κ1) is 58.3. The highest BCUT2D eigenvalue weighted by Crippen LogP contribution is 2.40. The number of hydrogen-bond donors (Lipinski definition) is 16. The number of carbonyl (C=O) groups excluding carboxylic acids is 1. The molecule has 78 heavy (non-hydrogen) atoms. The molecule has 0 spiro atoms. The second kappa shape index (κ2) is 24.6. The quantitative estimate of drug-likeness (QED) is 0.0347. The van der Waals surface area contributed by atoms with Crippen LogP contribution in [0.15, 0.2) is 69.9 Å². The normalized spacial score (nSPS) is 35.4. The van der Waals surface area contributed by atoms with Gasteiger partial charge in [-0.15, -0.1) is 0 Å². The maximum absolute atomic E-state index is 14.7. The van der Waals surface area contributed by atoms with Crippen LogP contribution in [0.4, 0.5) is 0 Å². The Balaban J connectivity index is 1.10. The van der Waals surface area contributed by atoms with Crippen molar-refractivity contribution in [3.63, 3.8) is 0 Å². The molecule has 16 N–H and O–H groups in total. The van der Waals surface area contributed by atoms with Crippen LogP contribution in [0.5, 0.6) is 34.5 Å². The van der Waals surface area contributed by atoms with Crippen LogP contribution < -0.4 is 19.6 Å². The van der Waals surface area contributed by atoms with Crippen LogP contribution in [0.3, 0.4) is 0 Å². The van der Waals surface area contributed by atoms with Gasteiger partial charge in [0.05, 0.1) is 33.5 Å². The zero-order chi connectivity index (χ0) is 56.4. The molecule has 4 fully saturated rings. The molecule has 0 saturated carbocycles. The number of aliphatic hydroxyl groups excluding tert-OH is 13. The van der Waals surface area contributed by atoms with E-state index in [0.717, 1.165) is 18.2 Å². The van der Waals surface area contributed by atoms with E-state index in [1.807, 2.05) is 0 Å². The molecule has 428 valence electrons. The number of aromatic hydroxyl groups is 3. The summed E-state index contributed by atoms with van der Waals surface area (Å²) in [6.45, 7) is -3.68. The lowest BCUT2D eigenvalue weighted by Crippen LogP contribution is -2.65. The van der Waals surface area contributed by atoms with Crippen molar-refractivity contribution in [1.82, 2.24) is 0 Å². The summed E-state index contributed by atoms with van der Waals surface area (Å²) in [4.78, 5) is 27.9. The molecule has 3 aromatic carbocycles. The number of hydrogen-bond acceptors (Lipinski definition) is 29. The van der Waals surface area contributed by atoms with E-state index in [0.29, 0.717) is 5.56 Å². The number of aliphatic hydroxyl groups is 13. The van der Waals surface area contributed by atoms with Gasteiger partial charge in [0.1, 0.15) is 114 Å². The monoisotopic (exact) mass is 1110 g/mol. The summed E-state index contributed by atoms with van der Waals surface area (Å²) >= 11 is 0. The van der Waals surface area contributed by atoms with E-state index in [1.165, 1.54) is 55.7 Å². The Labute approximate surface area is 439 Å². The molecule has 4 aliphatic heterocycles. The van der Waals surface area contributed by atoms with Gasteiger partial charge in [0.2, 0.25) is 23.8 Å². The first-order chi connectivity index (χ1) is 37.2. The molecule has 0 radical (unpaired) electrons. The maximum atomic E-state index is 14.7. The molecule has 20 unspecified atom stereocenters. The number of phenols is 3. The summed E-state index contributed by atoms with van der Waals surface area (Å²) in [7, 11) is 1.30. The van der Waals surface area contributed by atoms with Crippen molar-refractivity contribution >= 4 is 23.0 Å². The number of rotatable bonds is 17. The number of fused-ring (bicyclic) bond motifs is 1. The third-order valence-corrected chi connectivity index (χ3v) is 13.3. The predicted octanol–water partition coefficient (Wildman–Crippen LogP) is -5.14. The van der Waals surface area contributed by atoms with Gasteiger partial charge in [-0.3, -0.25) is 4.79 Å². The largest absolute Gasteiger partial charge is 0.508 e. The minimum Gasteiger partial charge on any atom is -0.508 e. The zero-order valence-corrected chi connectivity index (χ0v) is 40.7. The Hall–Kier alpha value is -5.88. The van der Waals surface area contributed by atoms with Crippen molar-refractivity contribution in [2.75, 3.05) is 33.5 Å². The molecule has 4 aliphatic rings. The number of esters is 1. The highest BCUT2D eigenvalue weighted by molar-refractivity contribution is 5.89. The van der Waals surface area contributed by atoms with E-state index in [9.17, 15) is 91.3 Å². The lowest BCUT2D eigenvalue weighted by atomic mass is 9.97. The average Bonchev–Trinajstić information content (AvgIpc) is 3.47. The average molecular weight is 1110 g/mol. The highest BCUT2D eigenvalue weighted by Gasteiger charge is 2.54. The first-order valence-corrected chi connectivity index (χ1v) is 23.9. The van der Waals surface area contributed by atoms with Crippen LogP contribution in [-0.4, -0.2) is 244 Å². The first-order valence-electron chi connectivity index (χ1n) is 23.9. The third-order valence-electron chi connectivity index (χ3n) is 13.3. The molecule has 4 saturated heterocycles. The minimum atomic E-state index is -2.16. The second-order valence-electron chi connectivity index (χ2n) is 18.4. The van der Waals surface area contributed by atoms with Gasteiger partial charge >= 0.3 is 5.97 Å². The van der Waals surface area contributed by atoms with Crippen LogP contribution in [0.1, 0.15) is 5.56 Å². The Bertz CT molecular complexity index is 2770. The fraction of sp³-hybridized carbons (Fsp3) is 0.510. The van der Waals surface area contributed by atoms with Crippen LogP contribution in [0, 0.1) is 0 Å². The van der Waals surface area contributed by atoms with Gasteiger partial charge in [0.25, 0.3) is 0 Å². The number of benzene rings is 3. The second-order valence-corrected chi connectivity index (χ2v) is 18.4. The molecular weight excluding hydrogens is 1050 g/mol. The smallest absolute Gasteiger partial charge is 0.331 e. The maximum Gasteiger partial charge on any atom is 0.331 e.